The summed E-state index contributed by atoms with van der Waals surface area (Å²) < 4.78 is 13.3. The summed E-state index contributed by atoms with van der Waals surface area (Å²) in [5.41, 5.74) is 3.02. The molecule has 0 aliphatic rings. The van der Waals surface area contributed by atoms with Crippen molar-refractivity contribution in [1.29, 1.82) is 0 Å². The second kappa shape index (κ2) is 9.01. The molecule has 0 bridgehead atoms. The quantitative estimate of drug-likeness (QED) is 0.437. The van der Waals surface area contributed by atoms with Gasteiger partial charge in [0.25, 0.3) is 0 Å². The lowest BCUT2D eigenvalue weighted by molar-refractivity contribution is -0.116. The number of carbonyl (C=O) groups excluding carboxylic acids is 1. The van der Waals surface area contributed by atoms with Gasteiger partial charge in [-0.05, 0) is 41.5 Å². The summed E-state index contributed by atoms with van der Waals surface area (Å²) in [5, 5.41) is 5.99. The number of hydrogen-bond acceptors (Lipinski definition) is 3. The predicted octanol–water partition coefficient (Wildman–Crippen LogP) is 5.73. The third-order valence-corrected chi connectivity index (χ3v) is 4.66. The molecule has 0 fully saturated rings. The monoisotopic (exact) mass is 397 g/mol. The Labute approximate surface area is 174 Å². The zero-order chi connectivity index (χ0) is 20.8. The number of benzene rings is 3. The molecular weight excluding hydrogens is 377 g/mol. The van der Waals surface area contributed by atoms with Crippen LogP contribution in [0.5, 0.6) is 0 Å². The molecule has 0 unspecified atom stereocenters. The maximum atomic E-state index is 13.3. The molecule has 1 heterocycles. The van der Waals surface area contributed by atoms with E-state index in [1.165, 1.54) is 12.1 Å². The molecule has 2 N–H and O–H groups in total. The van der Waals surface area contributed by atoms with E-state index in [0.29, 0.717) is 17.2 Å². The third-order valence-electron chi connectivity index (χ3n) is 4.66. The molecule has 0 saturated carbocycles. The minimum Gasteiger partial charge on any atom is -0.340 e. The zero-order valence-electron chi connectivity index (χ0n) is 16.1. The molecule has 0 aliphatic heterocycles. The topological polar surface area (TPSA) is 54.0 Å². The van der Waals surface area contributed by atoms with E-state index in [0.717, 1.165) is 11.1 Å². The largest absolute Gasteiger partial charge is 0.340 e. The van der Waals surface area contributed by atoms with Crippen LogP contribution in [0.1, 0.15) is 17.0 Å². The SMILES string of the molecule is O=C(Nc1ccc(Nc2cccc(F)c2)nc1)C(c1ccccc1)c1ccccc1. The average molecular weight is 397 g/mol. The minimum absolute atomic E-state index is 0.139. The van der Waals surface area contributed by atoms with E-state index in [1.807, 2.05) is 60.7 Å². The van der Waals surface area contributed by atoms with Crippen LogP contribution in [0.3, 0.4) is 0 Å². The van der Waals surface area contributed by atoms with Crippen LogP contribution in [0.4, 0.5) is 21.6 Å². The van der Waals surface area contributed by atoms with Crippen LogP contribution in [0.2, 0.25) is 0 Å². The van der Waals surface area contributed by atoms with Crippen molar-refractivity contribution >= 4 is 23.1 Å². The highest BCUT2D eigenvalue weighted by molar-refractivity contribution is 5.98. The van der Waals surface area contributed by atoms with Crippen molar-refractivity contribution in [2.75, 3.05) is 10.6 Å². The molecule has 5 heteroatoms. The number of hydrogen-bond donors (Lipinski definition) is 2. The van der Waals surface area contributed by atoms with Crippen LogP contribution < -0.4 is 10.6 Å². The second-order valence-electron chi connectivity index (χ2n) is 6.81. The van der Waals surface area contributed by atoms with Gasteiger partial charge in [0.05, 0.1) is 17.8 Å². The van der Waals surface area contributed by atoms with Gasteiger partial charge in [-0.3, -0.25) is 4.79 Å². The molecule has 1 aromatic heterocycles. The molecule has 0 saturated heterocycles. The summed E-state index contributed by atoms with van der Waals surface area (Å²) in [6.45, 7) is 0. The Balaban J connectivity index is 1.51. The summed E-state index contributed by atoms with van der Waals surface area (Å²) >= 11 is 0. The molecule has 0 atom stereocenters. The Morgan fingerprint density at radius 1 is 0.767 bits per heavy atom. The molecular formula is C25H20FN3O. The highest BCUT2D eigenvalue weighted by Gasteiger charge is 2.22. The standard InChI is InChI=1S/C25H20FN3O/c26-20-12-7-13-21(16-20)28-23-15-14-22(17-27-23)29-25(30)24(18-8-3-1-4-9-18)19-10-5-2-6-11-19/h1-17,24H,(H,27,28)(H,29,30). The average Bonchev–Trinajstić information content (AvgIpc) is 2.77. The van der Waals surface area contributed by atoms with E-state index in [4.69, 9.17) is 0 Å². The number of halogens is 1. The van der Waals surface area contributed by atoms with Gasteiger partial charge in [0, 0.05) is 5.69 Å². The Morgan fingerprint density at radius 3 is 2.00 bits per heavy atom. The predicted molar refractivity (Wildman–Crippen MR) is 117 cm³/mol. The first kappa shape index (κ1) is 19.3. The summed E-state index contributed by atoms with van der Waals surface area (Å²) in [7, 11) is 0. The normalized spacial score (nSPS) is 10.6. The van der Waals surface area contributed by atoms with E-state index in [2.05, 4.69) is 15.6 Å². The van der Waals surface area contributed by atoms with Gasteiger partial charge in [0.2, 0.25) is 5.91 Å². The number of pyridine rings is 1. The number of anilines is 3. The van der Waals surface area contributed by atoms with Gasteiger partial charge in [-0.2, -0.15) is 0 Å². The summed E-state index contributed by atoms with van der Waals surface area (Å²) in [5.74, 6) is -0.337. The lowest BCUT2D eigenvalue weighted by Crippen LogP contribution is -2.22. The van der Waals surface area contributed by atoms with E-state index in [9.17, 15) is 9.18 Å². The number of carbonyl (C=O) groups is 1. The summed E-state index contributed by atoms with van der Waals surface area (Å²) in [6.07, 6.45) is 1.58. The van der Waals surface area contributed by atoms with Gasteiger partial charge in [-0.1, -0.05) is 66.7 Å². The van der Waals surface area contributed by atoms with Crippen LogP contribution in [0, 0.1) is 5.82 Å². The van der Waals surface area contributed by atoms with Crippen molar-refractivity contribution in [2.24, 2.45) is 0 Å². The lowest BCUT2D eigenvalue weighted by Gasteiger charge is -2.18. The first-order valence-electron chi connectivity index (χ1n) is 9.58. The fourth-order valence-electron chi connectivity index (χ4n) is 3.26. The molecule has 1 amide bonds. The van der Waals surface area contributed by atoms with Gasteiger partial charge in [0.15, 0.2) is 0 Å². The van der Waals surface area contributed by atoms with Gasteiger partial charge < -0.3 is 10.6 Å². The summed E-state index contributed by atoms with van der Waals surface area (Å²) in [6, 6.07) is 29.0. The van der Waals surface area contributed by atoms with Gasteiger partial charge >= 0.3 is 0 Å². The number of nitrogens with one attached hydrogen (secondary N) is 2. The Bertz CT molecular complexity index is 1080. The second-order valence-corrected chi connectivity index (χ2v) is 6.81. The van der Waals surface area contributed by atoms with Crippen molar-refractivity contribution in [1.82, 2.24) is 4.98 Å². The Hall–Kier alpha value is -3.99. The van der Waals surface area contributed by atoms with Crippen molar-refractivity contribution in [3.8, 4) is 0 Å². The number of rotatable bonds is 6. The van der Waals surface area contributed by atoms with Crippen LogP contribution >= 0.6 is 0 Å². The van der Waals surface area contributed by atoms with Crippen LogP contribution in [-0.2, 0) is 4.79 Å². The van der Waals surface area contributed by atoms with E-state index in [1.54, 1.807) is 30.5 Å². The van der Waals surface area contributed by atoms with E-state index < -0.39 is 5.92 Å². The smallest absolute Gasteiger partial charge is 0.236 e. The number of amides is 1. The minimum atomic E-state index is -0.433. The maximum Gasteiger partial charge on any atom is 0.236 e. The van der Waals surface area contributed by atoms with E-state index in [-0.39, 0.29) is 11.7 Å². The number of aromatic nitrogens is 1. The molecule has 4 aromatic rings. The first-order valence-corrected chi connectivity index (χ1v) is 9.58. The molecule has 0 radical (unpaired) electrons. The summed E-state index contributed by atoms with van der Waals surface area (Å²) in [4.78, 5) is 17.4. The van der Waals surface area contributed by atoms with Crippen molar-refractivity contribution in [2.45, 2.75) is 5.92 Å². The Kier molecular flexibility index (Phi) is 5.80. The molecule has 148 valence electrons. The van der Waals surface area contributed by atoms with Gasteiger partial charge in [0.1, 0.15) is 11.6 Å². The molecule has 0 spiro atoms. The zero-order valence-corrected chi connectivity index (χ0v) is 16.1. The fourth-order valence-corrected chi connectivity index (χ4v) is 3.26. The lowest BCUT2D eigenvalue weighted by atomic mass is 9.90. The highest BCUT2D eigenvalue weighted by Crippen LogP contribution is 2.26. The molecule has 30 heavy (non-hydrogen) atoms. The Morgan fingerprint density at radius 2 is 1.43 bits per heavy atom. The highest BCUT2D eigenvalue weighted by atomic mass is 19.1. The molecule has 3 aromatic carbocycles. The molecule has 0 aliphatic carbocycles. The van der Waals surface area contributed by atoms with Gasteiger partial charge in [-0.25, -0.2) is 9.37 Å². The van der Waals surface area contributed by atoms with E-state index >= 15 is 0 Å². The van der Waals surface area contributed by atoms with Crippen molar-refractivity contribution < 1.29 is 9.18 Å². The van der Waals surface area contributed by atoms with Crippen molar-refractivity contribution in [3.63, 3.8) is 0 Å². The molecule has 4 rings (SSSR count). The van der Waals surface area contributed by atoms with Crippen LogP contribution in [0.25, 0.3) is 0 Å². The van der Waals surface area contributed by atoms with Crippen LogP contribution in [-0.4, -0.2) is 10.9 Å². The first-order chi connectivity index (χ1) is 14.7. The van der Waals surface area contributed by atoms with Crippen molar-refractivity contribution in [3.05, 3.63) is 120 Å². The molecule has 4 nitrogen and oxygen atoms in total. The maximum absolute atomic E-state index is 13.3. The fraction of sp³-hybridized carbons (Fsp3) is 0.0400. The van der Waals surface area contributed by atoms with Crippen LogP contribution in [0.15, 0.2) is 103 Å². The number of nitrogens with zero attached hydrogens (tertiary/aromatic N) is 1. The van der Waals surface area contributed by atoms with Gasteiger partial charge in [-0.15, -0.1) is 0 Å². The third kappa shape index (κ3) is 4.70.